The van der Waals surface area contributed by atoms with Gasteiger partial charge in [-0.05, 0) is 43.2 Å². The van der Waals surface area contributed by atoms with E-state index < -0.39 is 0 Å². The Morgan fingerprint density at radius 3 is 2.50 bits per heavy atom. The summed E-state index contributed by atoms with van der Waals surface area (Å²) in [5.41, 5.74) is 2.15. The Hall–Kier alpha value is -3.88. The highest BCUT2D eigenvalue weighted by atomic mass is 19.1. The zero-order valence-electron chi connectivity index (χ0n) is 17.6. The molecule has 3 aromatic heterocycles. The molecule has 1 amide bonds. The smallest absolute Gasteiger partial charge is 0.231 e. The van der Waals surface area contributed by atoms with E-state index >= 15 is 0 Å². The lowest BCUT2D eigenvalue weighted by Crippen LogP contribution is -2.45. The minimum absolute atomic E-state index is 0.0558. The Kier molecular flexibility index (Phi) is 5.22. The molecule has 0 aliphatic carbocycles. The van der Waals surface area contributed by atoms with Crippen LogP contribution in [0.1, 0.15) is 19.8 Å². The lowest BCUT2D eigenvalue weighted by Gasteiger charge is -2.38. The van der Waals surface area contributed by atoms with Gasteiger partial charge in [-0.25, -0.2) is 19.3 Å². The summed E-state index contributed by atoms with van der Waals surface area (Å²) < 4.78 is 15.6. The first-order chi connectivity index (χ1) is 15.6. The molecule has 162 valence electrons. The Labute approximate surface area is 184 Å². The molecule has 1 saturated heterocycles. The third-order valence-electron chi connectivity index (χ3n) is 5.79. The molecular weight excluding hydrogens is 409 g/mol. The van der Waals surface area contributed by atoms with Gasteiger partial charge in [0.1, 0.15) is 17.3 Å². The minimum Gasteiger partial charge on any atom is -0.343 e. The highest BCUT2D eigenvalue weighted by molar-refractivity contribution is 5.80. The zero-order valence-corrected chi connectivity index (χ0v) is 17.6. The molecule has 1 aromatic carbocycles. The molecule has 1 aliphatic rings. The van der Waals surface area contributed by atoms with E-state index in [0.29, 0.717) is 30.4 Å². The molecule has 32 heavy (non-hydrogen) atoms. The summed E-state index contributed by atoms with van der Waals surface area (Å²) in [6.45, 7) is 2.92. The van der Waals surface area contributed by atoms with Gasteiger partial charge in [0.15, 0.2) is 5.65 Å². The first-order valence-corrected chi connectivity index (χ1v) is 10.5. The third kappa shape index (κ3) is 3.66. The number of carbonyl (C=O) groups excluding carboxylic acids is 1. The molecular formula is C23H22FN7O. The van der Waals surface area contributed by atoms with Crippen molar-refractivity contribution in [2.45, 2.75) is 25.8 Å². The van der Waals surface area contributed by atoms with Crippen molar-refractivity contribution < 1.29 is 9.18 Å². The van der Waals surface area contributed by atoms with Crippen LogP contribution in [0.3, 0.4) is 0 Å². The standard InChI is InChI=1S/C23H22FN7O/c1-16(32)29-12-7-19(8-13-29)31(23-26-9-2-10-27-23)22-21(17-3-5-18(24)6-4-17)28-20-15-25-11-14-30(20)22/h2-6,9-11,14-15,19H,7-8,12-13H2,1H3. The second-order valence-electron chi connectivity index (χ2n) is 7.75. The van der Waals surface area contributed by atoms with Gasteiger partial charge in [-0.15, -0.1) is 0 Å². The van der Waals surface area contributed by atoms with Gasteiger partial charge in [0, 0.05) is 56.4 Å². The van der Waals surface area contributed by atoms with E-state index in [4.69, 9.17) is 4.98 Å². The van der Waals surface area contributed by atoms with Crippen molar-refractivity contribution in [3.8, 4) is 11.3 Å². The van der Waals surface area contributed by atoms with Gasteiger partial charge >= 0.3 is 0 Å². The van der Waals surface area contributed by atoms with Crippen LogP contribution in [0.2, 0.25) is 0 Å². The largest absolute Gasteiger partial charge is 0.343 e. The third-order valence-corrected chi connectivity index (χ3v) is 5.79. The summed E-state index contributed by atoms with van der Waals surface area (Å²) in [5.74, 6) is 1.12. The van der Waals surface area contributed by atoms with Gasteiger partial charge in [0.2, 0.25) is 11.9 Å². The molecule has 0 atom stereocenters. The lowest BCUT2D eigenvalue weighted by atomic mass is 10.0. The van der Waals surface area contributed by atoms with Crippen molar-refractivity contribution in [2.75, 3.05) is 18.0 Å². The SMILES string of the molecule is CC(=O)N1CCC(N(c2ncccn2)c2c(-c3ccc(F)cc3)nc3cnccn23)CC1. The number of anilines is 2. The van der Waals surface area contributed by atoms with Crippen LogP contribution in [-0.2, 0) is 4.79 Å². The monoisotopic (exact) mass is 431 g/mol. The average Bonchev–Trinajstić information content (AvgIpc) is 3.20. The number of amides is 1. The summed E-state index contributed by atoms with van der Waals surface area (Å²) in [5, 5.41) is 0. The van der Waals surface area contributed by atoms with Crippen LogP contribution in [0.15, 0.2) is 61.3 Å². The first-order valence-electron chi connectivity index (χ1n) is 10.5. The predicted molar refractivity (Wildman–Crippen MR) is 118 cm³/mol. The van der Waals surface area contributed by atoms with E-state index in [-0.39, 0.29) is 17.8 Å². The highest BCUT2D eigenvalue weighted by Gasteiger charge is 2.32. The minimum atomic E-state index is -0.305. The second-order valence-corrected chi connectivity index (χ2v) is 7.75. The molecule has 1 aliphatic heterocycles. The number of piperidine rings is 1. The summed E-state index contributed by atoms with van der Waals surface area (Å²) in [6.07, 6.45) is 10.2. The van der Waals surface area contributed by atoms with Crippen LogP contribution in [-0.4, -0.2) is 54.3 Å². The number of fused-ring (bicyclic) bond motifs is 1. The molecule has 9 heteroatoms. The first kappa shape index (κ1) is 20.0. The summed E-state index contributed by atoms with van der Waals surface area (Å²) >= 11 is 0. The van der Waals surface area contributed by atoms with E-state index in [1.54, 1.807) is 49.9 Å². The van der Waals surface area contributed by atoms with Crippen LogP contribution in [0.5, 0.6) is 0 Å². The van der Waals surface area contributed by atoms with Gasteiger partial charge in [0.05, 0.1) is 6.20 Å². The van der Waals surface area contributed by atoms with E-state index in [1.165, 1.54) is 12.1 Å². The van der Waals surface area contributed by atoms with Crippen LogP contribution in [0.4, 0.5) is 16.2 Å². The highest BCUT2D eigenvalue weighted by Crippen LogP contribution is 2.37. The molecule has 8 nitrogen and oxygen atoms in total. The van der Waals surface area contributed by atoms with Crippen LogP contribution in [0, 0.1) is 5.82 Å². The normalized spacial score (nSPS) is 14.6. The number of hydrogen-bond donors (Lipinski definition) is 0. The topological polar surface area (TPSA) is 79.5 Å². The van der Waals surface area contributed by atoms with Crippen molar-refractivity contribution in [3.05, 3.63) is 67.1 Å². The van der Waals surface area contributed by atoms with E-state index in [9.17, 15) is 9.18 Å². The van der Waals surface area contributed by atoms with Crippen LogP contribution < -0.4 is 4.90 Å². The van der Waals surface area contributed by atoms with Gasteiger partial charge < -0.3 is 4.90 Å². The average molecular weight is 431 g/mol. The number of likely N-dealkylation sites (tertiary alicyclic amines) is 1. The number of rotatable bonds is 4. The van der Waals surface area contributed by atoms with E-state index in [1.807, 2.05) is 15.5 Å². The number of carbonyl (C=O) groups is 1. The molecule has 0 radical (unpaired) electrons. The summed E-state index contributed by atoms with van der Waals surface area (Å²) in [6, 6.07) is 8.12. The number of aromatic nitrogens is 5. The number of imidazole rings is 1. The summed E-state index contributed by atoms with van der Waals surface area (Å²) in [4.78, 5) is 33.9. The van der Waals surface area contributed by atoms with E-state index in [0.717, 1.165) is 24.2 Å². The van der Waals surface area contributed by atoms with Crippen LogP contribution in [0.25, 0.3) is 16.9 Å². The van der Waals surface area contributed by atoms with Gasteiger partial charge in [-0.3, -0.25) is 19.1 Å². The van der Waals surface area contributed by atoms with Crippen molar-refractivity contribution >= 4 is 23.3 Å². The molecule has 0 bridgehead atoms. The molecule has 1 fully saturated rings. The fourth-order valence-electron chi connectivity index (χ4n) is 4.21. The number of nitrogens with zero attached hydrogens (tertiary/aromatic N) is 7. The van der Waals surface area contributed by atoms with Gasteiger partial charge in [-0.2, -0.15) is 0 Å². The van der Waals surface area contributed by atoms with Crippen LogP contribution >= 0.6 is 0 Å². The fraction of sp³-hybridized carbons (Fsp3) is 0.261. The Morgan fingerprint density at radius 1 is 1.09 bits per heavy atom. The molecule has 5 rings (SSSR count). The molecule has 0 N–H and O–H groups in total. The Bertz CT molecular complexity index is 1230. The summed E-state index contributed by atoms with van der Waals surface area (Å²) in [7, 11) is 0. The second kappa shape index (κ2) is 8.33. The Morgan fingerprint density at radius 2 is 1.81 bits per heavy atom. The fourth-order valence-corrected chi connectivity index (χ4v) is 4.21. The van der Waals surface area contributed by atoms with Crippen molar-refractivity contribution in [3.63, 3.8) is 0 Å². The lowest BCUT2D eigenvalue weighted by molar-refractivity contribution is -0.129. The maximum absolute atomic E-state index is 13.6. The predicted octanol–water partition coefficient (Wildman–Crippen LogP) is 3.47. The number of benzene rings is 1. The maximum atomic E-state index is 13.6. The van der Waals surface area contributed by atoms with Crippen molar-refractivity contribution in [1.82, 2.24) is 29.2 Å². The molecule has 0 saturated carbocycles. The molecule has 4 aromatic rings. The van der Waals surface area contributed by atoms with Gasteiger partial charge in [-0.1, -0.05) is 0 Å². The van der Waals surface area contributed by atoms with Crippen molar-refractivity contribution in [1.29, 1.82) is 0 Å². The Balaban J connectivity index is 1.67. The number of halogens is 1. The quantitative estimate of drug-likeness (QED) is 0.492. The zero-order chi connectivity index (χ0) is 22.1. The van der Waals surface area contributed by atoms with Gasteiger partial charge in [0.25, 0.3) is 0 Å². The van der Waals surface area contributed by atoms with Crippen molar-refractivity contribution in [2.24, 2.45) is 0 Å². The number of hydrogen-bond acceptors (Lipinski definition) is 6. The molecule has 4 heterocycles. The maximum Gasteiger partial charge on any atom is 0.231 e. The van der Waals surface area contributed by atoms with E-state index in [2.05, 4.69) is 19.9 Å². The molecule has 0 spiro atoms. The molecule has 0 unspecified atom stereocenters.